The number of nitrogens with zero attached hydrogens (tertiary/aromatic N) is 3. The molecule has 0 saturated heterocycles. The third-order valence-electron chi connectivity index (χ3n) is 4.91. The molecule has 5 rings (SSSR count). The number of carbonyl (C=O) groups excluding carboxylic acids is 1. The van der Waals surface area contributed by atoms with Gasteiger partial charge in [-0.15, -0.1) is 0 Å². The molecule has 4 aromatic rings. The van der Waals surface area contributed by atoms with Crippen molar-refractivity contribution in [3.8, 4) is 22.3 Å². The SMILES string of the molecule is O=C1CCc2cc(-c3ccc4nccc(-c5ccncc5)c4c3)cnc2N1. The Bertz CT molecular complexity index is 1170. The summed E-state index contributed by atoms with van der Waals surface area (Å²) >= 11 is 0. The van der Waals surface area contributed by atoms with Crippen LogP contribution in [0.2, 0.25) is 0 Å². The molecule has 0 atom stereocenters. The number of carbonyl (C=O) groups is 1. The molecule has 0 unspecified atom stereocenters. The van der Waals surface area contributed by atoms with Crippen molar-refractivity contribution >= 4 is 22.6 Å². The van der Waals surface area contributed by atoms with Crippen molar-refractivity contribution in [3.05, 3.63) is 72.8 Å². The van der Waals surface area contributed by atoms with Gasteiger partial charge in [0.1, 0.15) is 5.82 Å². The lowest BCUT2D eigenvalue weighted by Gasteiger charge is -2.16. The average molecular weight is 352 g/mol. The Balaban J connectivity index is 1.64. The van der Waals surface area contributed by atoms with Crippen LogP contribution in [0.5, 0.6) is 0 Å². The van der Waals surface area contributed by atoms with E-state index in [0.29, 0.717) is 12.2 Å². The molecule has 1 aliphatic rings. The Labute approximate surface area is 156 Å². The zero-order chi connectivity index (χ0) is 18.2. The van der Waals surface area contributed by atoms with Gasteiger partial charge in [0.25, 0.3) is 0 Å². The molecule has 0 radical (unpaired) electrons. The van der Waals surface area contributed by atoms with Crippen LogP contribution in [0, 0.1) is 0 Å². The molecule has 27 heavy (non-hydrogen) atoms. The molecule has 1 amide bonds. The largest absolute Gasteiger partial charge is 0.310 e. The number of amides is 1. The predicted molar refractivity (Wildman–Crippen MR) is 105 cm³/mol. The zero-order valence-electron chi connectivity index (χ0n) is 14.5. The molecular formula is C22H16N4O. The van der Waals surface area contributed by atoms with Crippen LogP contribution in [0.3, 0.4) is 0 Å². The Morgan fingerprint density at radius 2 is 1.70 bits per heavy atom. The van der Waals surface area contributed by atoms with Gasteiger partial charge in [0, 0.05) is 42.2 Å². The molecule has 0 saturated carbocycles. The second-order valence-electron chi connectivity index (χ2n) is 6.61. The van der Waals surface area contributed by atoms with Crippen molar-refractivity contribution in [1.29, 1.82) is 0 Å². The van der Waals surface area contributed by atoms with E-state index in [-0.39, 0.29) is 5.91 Å². The lowest BCUT2D eigenvalue weighted by Crippen LogP contribution is -2.20. The minimum atomic E-state index is 0.0292. The molecule has 1 aliphatic heterocycles. The van der Waals surface area contributed by atoms with Crippen LogP contribution in [0.15, 0.2) is 67.3 Å². The summed E-state index contributed by atoms with van der Waals surface area (Å²) in [7, 11) is 0. The van der Waals surface area contributed by atoms with Crippen molar-refractivity contribution in [1.82, 2.24) is 15.0 Å². The summed E-state index contributed by atoms with van der Waals surface area (Å²) in [5, 5.41) is 3.92. The van der Waals surface area contributed by atoms with E-state index in [9.17, 15) is 4.79 Å². The summed E-state index contributed by atoms with van der Waals surface area (Å²) < 4.78 is 0. The summed E-state index contributed by atoms with van der Waals surface area (Å²) in [6.07, 6.45) is 8.47. The van der Waals surface area contributed by atoms with Gasteiger partial charge in [-0.05, 0) is 65.1 Å². The van der Waals surface area contributed by atoms with Crippen LogP contribution in [0.25, 0.3) is 33.2 Å². The van der Waals surface area contributed by atoms with Crippen LogP contribution in [-0.2, 0) is 11.2 Å². The topological polar surface area (TPSA) is 67.8 Å². The maximum Gasteiger partial charge on any atom is 0.225 e. The summed E-state index contributed by atoms with van der Waals surface area (Å²) in [6.45, 7) is 0. The van der Waals surface area contributed by atoms with Gasteiger partial charge in [-0.1, -0.05) is 6.07 Å². The normalized spacial score (nSPS) is 13.3. The molecule has 4 heterocycles. The van der Waals surface area contributed by atoms with Crippen LogP contribution in [0.1, 0.15) is 12.0 Å². The van der Waals surface area contributed by atoms with Gasteiger partial charge in [0.2, 0.25) is 5.91 Å². The number of hydrogen-bond acceptors (Lipinski definition) is 4. The second kappa shape index (κ2) is 6.29. The molecule has 5 heteroatoms. The van der Waals surface area contributed by atoms with Gasteiger partial charge < -0.3 is 5.32 Å². The summed E-state index contributed by atoms with van der Waals surface area (Å²) in [5.74, 6) is 0.705. The maximum atomic E-state index is 11.5. The number of fused-ring (bicyclic) bond motifs is 2. The van der Waals surface area contributed by atoms with Crippen LogP contribution in [-0.4, -0.2) is 20.9 Å². The first kappa shape index (κ1) is 15.6. The lowest BCUT2D eigenvalue weighted by atomic mass is 9.97. The molecule has 0 aliphatic carbocycles. The fourth-order valence-electron chi connectivity index (χ4n) is 3.52. The van der Waals surface area contributed by atoms with E-state index in [1.807, 2.05) is 36.7 Å². The van der Waals surface area contributed by atoms with Crippen LogP contribution >= 0.6 is 0 Å². The minimum absolute atomic E-state index is 0.0292. The molecule has 130 valence electrons. The smallest absolute Gasteiger partial charge is 0.225 e. The molecule has 5 nitrogen and oxygen atoms in total. The predicted octanol–water partition coefficient (Wildman–Crippen LogP) is 4.24. The van der Waals surface area contributed by atoms with E-state index in [1.165, 1.54) is 0 Å². The van der Waals surface area contributed by atoms with E-state index in [4.69, 9.17) is 0 Å². The molecule has 1 N–H and O–H groups in total. The number of nitrogens with one attached hydrogen (secondary N) is 1. The van der Waals surface area contributed by atoms with E-state index in [1.54, 1.807) is 12.4 Å². The highest BCUT2D eigenvalue weighted by molar-refractivity contribution is 5.97. The third-order valence-corrected chi connectivity index (χ3v) is 4.91. The van der Waals surface area contributed by atoms with Gasteiger partial charge in [-0.3, -0.25) is 14.8 Å². The van der Waals surface area contributed by atoms with Crippen molar-refractivity contribution < 1.29 is 4.79 Å². The van der Waals surface area contributed by atoms with Gasteiger partial charge >= 0.3 is 0 Å². The highest BCUT2D eigenvalue weighted by Crippen LogP contribution is 2.32. The van der Waals surface area contributed by atoms with Crippen molar-refractivity contribution in [2.24, 2.45) is 0 Å². The number of aryl methyl sites for hydroxylation is 1. The summed E-state index contributed by atoms with van der Waals surface area (Å²) in [5.41, 5.74) is 6.39. The molecule has 0 spiro atoms. The standard InChI is InChI=1S/C22H16N4O/c27-21-4-2-16-11-17(13-25-22(16)26-21)15-1-3-20-19(12-15)18(7-10-24-20)14-5-8-23-9-6-14/h1,3,5-13H,2,4H2,(H,25,26,27). The molecule has 3 aromatic heterocycles. The number of pyridine rings is 3. The monoisotopic (exact) mass is 352 g/mol. The molecular weight excluding hydrogens is 336 g/mol. The third kappa shape index (κ3) is 2.83. The van der Waals surface area contributed by atoms with E-state index >= 15 is 0 Å². The number of aromatic nitrogens is 3. The Hall–Kier alpha value is -3.60. The van der Waals surface area contributed by atoms with Gasteiger partial charge in [0.05, 0.1) is 5.52 Å². The van der Waals surface area contributed by atoms with E-state index in [2.05, 4.69) is 38.5 Å². The van der Waals surface area contributed by atoms with E-state index < -0.39 is 0 Å². The van der Waals surface area contributed by atoms with Crippen molar-refractivity contribution in [2.45, 2.75) is 12.8 Å². The number of anilines is 1. The molecule has 0 bridgehead atoms. The summed E-state index contributed by atoms with van der Waals surface area (Å²) in [4.78, 5) is 24.6. The van der Waals surface area contributed by atoms with Gasteiger partial charge in [-0.2, -0.15) is 0 Å². The Morgan fingerprint density at radius 1 is 0.815 bits per heavy atom. The fraction of sp³-hybridized carbons (Fsp3) is 0.0909. The van der Waals surface area contributed by atoms with Gasteiger partial charge in [0.15, 0.2) is 0 Å². The first-order chi connectivity index (χ1) is 13.3. The van der Waals surface area contributed by atoms with Gasteiger partial charge in [-0.25, -0.2) is 4.98 Å². The Kier molecular flexibility index (Phi) is 3.64. The lowest BCUT2D eigenvalue weighted by molar-refractivity contribution is -0.116. The first-order valence-corrected chi connectivity index (χ1v) is 8.86. The van der Waals surface area contributed by atoms with Crippen molar-refractivity contribution in [3.63, 3.8) is 0 Å². The average Bonchev–Trinajstić information content (AvgIpc) is 2.73. The van der Waals surface area contributed by atoms with E-state index in [0.717, 1.165) is 45.1 Å². The van der Waals surface area contributed by atoms with Crippen molar-refractivity contribution in [2.75, 3.05) is 5.32 Å². The van der Waals surface area contributed by atoms with Crippen LogP contribution in [0.4, 0.5) is 5.82 Å². The second-order valence-corrected chi connectivity index (χ2v) is 6.61. The van der Waals surface area contributed by atoms with Crippen LogP contribution < -0.4 is 5.32 Å². The number of rotatable bonds is 2. The Morgan fingerprint density at radius 3 is 2.59 bits per heavy atom. The zero-order valence-corrected chi connectivity index (χ0v) is 14.5. The fourth-order valence-corrected chi connectivity index (χ4v) is 3.52. The number of hydrogen-bond donors (Lipinski definition) is 1. The summed E-state index contributed by atoms with van der Waals surface area (Å²) in [6, 6.07) is 14.4. The molecule has 0 fully saturated rings. The maximum absolute atomic E-state index is 11.5. The minimum Gasteiger partial charge on any atom is -0.310 e. The quantitative estimate of drug-likeness (QED) is 0.586. The number of benzene rings is 1. The molecule has 1 aromatic carbocycles. The first-order valence-electron chi connectivity index (χ1n) is 8.86. The highest BCUT2D eigenvalue weighted by atomic mass is 16.1. The highest BCUT2D eigenvalue weighted by Gasteiger charge is 2.16.